The summed E-state index contributed by atoms with van der Waals surface area (Å²) in [5.41, 5.74) is 0.589. The molecule has 0 amide bonds. The van der Waals surface area contributed by atoms with Crippen molar-refractivity contribution in [2.75, 3.05) is 6.61 Å². The Bertz CT molecular complexity index is 595. The Morgan fingerprint density at radius 1 is 1.47 bits per heavy atom. The van der Waals surface area contributed by atoms with Crippen LogP contribution < -0.4 is 9.30 Å². The molecule has 1 N–H and O–H groups in total. The highest BCUT2D eigenvalue weighted by Gasteiger charge is 2.28. The fourth-order valence-corrected chi connectivity index (χ4v) is 2.52. The number of carbonyl (C=O) groups excluding carboxylic acids is 1. The number of hydrogen-bond acceptors (Lipinski definition) is 2. The zero-order valence-corrected chi connectivity index (χ0v) is 11.1. The molecule has 1 aliphatic heterocycles. The summed E-state index contributed by atoms with van der Waals surface area (Å²) in [6.07, 6.45) is 6.31. The Balaban J connectivity index is 1.90. The van der Waals surface area contributed by atoms with E-state index in [-0.39, 0.29) is 11.7 Å². The lowest BCUT2D eigenvalue weighted by Crippen LogP contribution is -2.38. The molecule has 0 aliphatic carbocycles. The van der Waals surface area contributed by atoms with Gasteiger partial charge in [0, 0.05) is 5.02 Å². The van der Waals surface area contributed by atoms with Gasteiger partial charge >= 0.3 is 0 Å². The summed E-state index contributed by atoms with van der Waals surface area (Å²) in [6, 6.07) is 5.20. The Kier molecular flexibility index (Phi) is 3.25. The van der Waals surface area contributed by atoms with Gasteiger partial charge in [0.25, 0.3) is 0 Å². The number of ketones is 1. The maximum absolute atomic E-state index is 12.6. The van der Waals surface area contributed by atoms with Crippen molar-refractivity contribution in [2.24, 2.45) is 5.92 Å². The topological polar surface area (TPSA) is 46.0 Å². The van der Waals surface area contributed by atoms with E-state index >= 15 is 0 Å². The molecule has 0 saturated heterocycles. The Hall–Kier alpha value is -1.81. The molecule has 4 nitrogen and oxygen atoms in total. The summed E-state index contributed by atoms with van der Waals surface area (Å²) >= 11 is 5.97. The largest absolute Gasteiger partial charge is 0.493 e. The SMILES string of the molecule is O=C1c2cc(Cl)ccc2OCCC1C[n+]1cc[nH]c1. The first-order valence-electron chi connectivity index (χ1n) is 6.22. The predicted octanol–water partition coefficient (Wildman–Crippen LogP) is 2.24. The normalized spacial score (nSPS) is 18.6. The summed E-state index contributed by atoms with van der Waals surface area (Å²) in [5.74, 6) is 0.653. The van der Waals surface area contributed by atoms with Gasteiger partial charge in [-0.2, -0.15) is 0 Å². The van der Waals surface area contributed by atoms with E-state index in [0.29, 0.717) is 35.9 Å². The van der Waals surface area contributed by atoms with Crippen LogP contribution in [0.2, 0.25) is 5.02 Å². The number of nitrogens with zero attached hydrogens (tertiary/aromatic N) is 1. The molecule has 0 spiro atoms. The number of aromatic nitrogens is 2. The third-order valence-corrected chi connectivity index (χ3v) is 3.57. The molecular formula is C14H14ClN2O2+. The number of Topliss-reactive ketones (excluding diaryl/α,β-unsaturated/α-hetero) is 1. The molecule has 1 aromatic heterocycles. The second-order valence-corrected chi connectivity index (χ2v) is 5.08. The van der Waals surface area contributed by atoms with Crippen LogP contribution in [0, 0.1) is 5.92 Å². The molecule has 0 bridgehead atoms. The highest BCUT2D eigenvalue weighted by Crippen LogP contribution is 2.29. The fraction of sp³-hybridized carbons (Fsp3) is 0.286. The van der Waals surface area contributed by atoms with Gasteiger partial charge in [-0.05, 0) is 24.6 Å². The number of benzene rings is 1. The lowest BCUT2D eigenvalue weighted by molar-refractivity contribution is -0.699. The maximum atomic E-state index is 12.6. The summed E-state index contributed by atoms with van der Waals surface area (Å²) < 4.78 is 7.60. The molecule has 2 heterocycles. The molecule has 2 aromatic rings. The molecule has 0 fully saturated rings. The van der Waals surface area contributed by atoms with Crippen molar-refractivity contribution < 1.29 is 14.1 Å². The number of rotatable bonds is 2. The second kappa shape index (κ2) is 5.05. The third-order valence-electron chi connectivity index (χ3n) is 3.34. The van der Waals surface area contributed by atoms with Crippen molar-refractivity contribution in [1.82, 2.24) is 4.98 Å². The molecule has 1 aliphatic rings. The molecule has 19 heavy (non-hydrogen) atoms. The maximum Gasteiger partial charge on any atom is 0.241 e. The van der Waals surface area contributed by atoms with Gasteiger partial charge in [0.2, 0.25) is 6.33 Å². The average Bonchev–Trinajstić information content (AvgIpc) is 2.86. The first kappa shape index (κ1) is 12.2. The third kappa shape index (κ3) is 2.49. The van der Waals surface area contributed by atoms with Gasteiger partial charge in [-0.1, -0.05) is 11.6 Å². The fourth-order valence-electron chi connectivity index (χ4n) is 2.35. The number of aromatic amines is 1. The van der Waals surface area contributed by atoms with Crippen LogP contribution in [0.3, 0.4) is 0 Å². The summed E-state index contributed by atoms with van der Waals surface area (Å²) in [4.78, 5) is 15.5. The van der Waals surface area contributed by atoms with E-state index in [1.165, 1.54) is 0 Å². The van der Waals surface area contributed by atoms with Crippen LogP contribution >= 0.6 is 11.6 Å². The van der Waals surface area contributed by atoms with Crippen molar-refractivity contribution in [3.8, 4) is 5.75 Å². The van der Waals surface area contributed by atoms with E-state index < -0.39 is 0 Å². The smallest absolute Gasteiger partial charge is 0.241 e. The number of imidazole rings is 1. The Labute approximate surface area is 116 Å². The average molecular weight is 278 g/mol. The van der Waals surface area contributed by atoms with Crippen LogP contribution in [0.25, 0.3) is 0 Å². The summed E-state index contributed by atoms with van der Waals surface area (Å²) in [6.45, 7) is 1.20. The summed E-state index contributed by atoms with van der Waals surface area (Å²) in [7, 11) is 0. The monoisotopic (exact) mass is 277 g/mol. The molecule has 1 unspecified atom stereocenters. The molecule has 1 aromatic carbocycles. The summed E-state index contributed by atoms with van der Waals surface area (Å²) in [5, 5.41) is 0.561. The van der Waals surface area contributed by atoms with Gasteiger partial charge in [-0.15, -0.1) is 0 Å². The van der Waals surface area contributed by atoms with Gasteiger partial charge in [0.15, 0.2) is 5.78 Å². The first-order valence-corrected chi connectivity index (χ1v) is 6.60. The van der Waals surface area contributed by atoms with Gasteiger partial charge in [0.05, 0.1) is 18.1 Å². The number of ether oxygens (including phenoxy) is 1. The number of H-pyrrole nitrogens is 1. The van der Waals surface area contributed by atoms with E-state index in [1.54, 1.807) is 18.2 Å². The predicted molar refractivity (Wildman–Crippen MR) is 70.4 cm³/mol. The van der Waals surface area contributed by atoms with Crippen LogP contribution in [0.15, 0.2) is 36.9 Å². The van der Waals surface area contributed by atoms with Crippen LogP contribution in [-0.4, -0.2) is 17.4 Å². The number of nitrogens with one attached hydrogen (secondary N) is 1. The Morgan fingerprint density at radius 3 is 3.16 bits per heavy atom. The molecule has 3 rings (SSSR count). The zero-order valence-electron chi connectivity index (χ0n) is 10.3. The zero-order chi connectivity index (χ0) is 13.2. The van der Waals surface area contributed by atoms with Crippen LogP contribution in [0.1, 0.15) is 16.8 Å². The molecule has 0 radical (unpaired) electrons. The highest BCUT2D eigenvalue weighted by molar-refractivity contribution is 6.31. The Morgan fingerprint density at radius 2 is 2.37 bits per heavy atom. The molecular weight excluding hydrogens is 264 g/mol. The number of hydrogen-bond donors (Lipinski definition) is 1. The van der Waals surface area contributed by atoms with Crippen molar-refractivity contribution in [3.05, 3.63) is 47.5 Å². The highest BCUT2D eigenvalue weighted by atomic mass is 35.5. The van der Waals surface area contributed by atoms with E-state index in [4.69, 9.17) is 16.3 Å². The first-order chi connectivity index (χ1) is 9.24. The quantitative estimate of drug-likeness (QED) is 0.856. The van der Waals surface area contributed by atoms with Crippen LogP contribution in [0.5, 0.6) is 5.75 Å². The minimum absolute atomic E-state index is 0.0829. The van der Waals surface area contributed by atoms with Crippen LogP contribution in [0.4, 0.5) is 0 Å². The minimum atomic E-state index is -0.0829. The molecule has 1 atom stereocenters. The molecule has 98 valence electrons. The molecule has 0 saturated carbocycles. The lowest BCUT2D eigenvalue weighted by Gasteiger charge is -2.09. The van der Waals surface area contributed by atoms with E-state index in [2.05, 4.69) is 4.98 Å². The van der Waals surface area contributed by atoms with E-state index in [1.807, 2.05) is 23.3 Å². The van der Waals surface area contributed by atoms with Gasteiger partial charge < -0.3 is 4.74 Å². The van der Waals surface area contributed by atoms with Gasteiger partial charge in [-0.3, -0.25) is 9.78 Å². The van der Waals surface area contributed by atoms with Gasteiger partial charge in [0.1, 0.15) is 24.7 Å². The second-order valence-electron chi connectivity index (χ2n) is 4.65. The lowest BCUT2D eigenvalue weighted by atomic mass is 9.95. The number of carbonyl (C=O) groups is 1. The van der Waals surface area contributed by atoms with Crippen LogP contribution in [-0.2, 0) is 6.54 Å². The number of fused-ring (bicyclic) bond motifs is 1. The molecule has 5 heteroatoms. The van der Waals surface area contributed by atoms with Gasteiger partial charge in [-0.25, -0.2) is 4.57 Å². The number of halogens is 1. The van der Waals surface area contributed by atoms with Crippen molar-refractivity contribution in [2.45, 2.75) is 13.0 Å². The van der Waals surface area contributed by atoms with Crippen molar-refractivity contribution in [1.29, 1.82) is 0 Å². The van der Waals surface area contributed by atoms with E-state index in [0.717, 1.165) is 0 Å². The van der Waals surface area contributed by atoms with Crippen molar-refractivity contribution in [3.63, 3.8) is 0 Å². The minimum Gasteiger partial charge on any atom is -0.493 e. The van der Waals surface area contributed by atoms with Crippen molar-refractivity contribution >= 4 is 17.4 Å². The standard InChI is InChI=1S/C14H13ClN2O2/c15-11-1-2-13-12(7-11)14(18)10(3-6-19-13)8-17-5-4-16-9-17/h1-2,4-5,7,9-10H,3,6,8H2/p+1. The van der Waals surface area contributed by atoms with E-state index in [9.17, 15) is 4.79 Å².